The predicted octanol–water partition coefficient (Wildman–Crippen LogP) is 3.56. The van der Waals surface area contributed by atoms with Crippen LogP contribution in [0.5, 0.6) is 5.88 Å². The quantitative estimate of drug-likeness (QED) is 0.753. The lowest BCUT2D eigenvalue weighted by Gasteiger charge is -2.25. The number of anilines is 1. The topological polar surface area (TPSA) is 38.2 Å². The molecule has 2 heterocycles. The molecule has 1 aliphatic heterocycles. The molecule has 0 saturated carbocycles. The SMILES string of the molecule is Cc1cc(OC(C)C)nc(N2CCCC2CCCCl)n1. The summed E-state index contributed by atoms with van der Waals surface area (Å²) in [5.41, 5.74) is 0.952. The molecular formula is C15H24ClN3O. The number of nitrogens with zero attached hydrogens (tertiary/aromatic N) is 3. The van der Waals surface area contributed by atoms with Gasteiger partial charge < -0.3 is 9.64 Å². The van der Waals surface area contributed by atoms with Gasteiger partial charge in [0, 0.05) is 30.2 Å². The summed E-state index contributed by atoms with van der Waals surface area (Å²) in [5, 5.41) is 0. The molecule has 0 aromatic carbocycles. The van der Waals surface area contributed by atoms with E-state index in [1.807, 2.05) is 26.8 Å². The van der Waals surface area contributed by atoms with E-state index in [0.717, 1.165) is 36.9 Å². The normalized spacial score (nSPS) is 18.9. The third kappa shape index (κ3) is 3.98. The molecule has 20 heavy (non-hydrogen) atoms. The van der Waals surface area contributed by atoms with E-state index < -0.39 is 0 Å². The molecular weight excluding hydrogens is 274 g/mol. The minimum absolute atomic E-state index is 0.128. The highest BCUT2D eigenvalue weighted by atomic mass is 35.5. The molecule has 0 N–H and O–H groups in total. The Hall–Kier alpha value is -1.03. The number of ether oxygens (including phenoxy) is 1. The smallest absolute Gasteiger partial charge is 0.229 e. The van der Waals surface area contributed by atoms with Crippen LogP contribution >= 0.6 is 11.6 Å². The lowest BCUT2D eigenvalue weighted by molar-refractivity contribution is 0.232. The zero-order valence-electron chi connectivity index (χ0n) is 12.6. The van der Waals surface area contributed by atoms with E-state index in [-0.39, 0.29) is 6.10 Å². The van der Waals surface area contributed by atoms with E-state index in [9.17, 15) is 0 Å². The first-order valence-electron chi connectivity index (χ1n) is 7.45. The van der Waals surface area contributed by atoms with Crippen molar-refractivity contribution in [3.05, 3.63) is 11.8 Å². The Balaban J connectivity index is 2.16. The minimum Gasteiger partial charge on any atom is -0.475 e. The third-order valence-corrected chi connectivity index (χ3v) is 3.75. The lowest BCUT2D eigenvalue weighted by Crippen LogP contribution is -2.31. The molecule has 0 radical (unpaired) electrons. The molecule has 0 bridgehead atoms. The van der Waals surface area contributed by atoms with Crippen molar-refractivity contribution in [3.8, 4) is 5.88 Å². The lowest BCUT2D eigenvalue weighted by atomic mass is 10.1. The van der Waals surface area contributed by atoms with E-state index in [1.165, 1.54) is 12.8 Å². The number of rotatable bonds is 6. The molecule has 0 amide bonds. The fraction of sp³-hybridized carbons (Fsp3) is 0.733. The van der Waals surface area contributed by atoms with Crippen LogP contribution in [0.25, 0.3) is 0 Å². The Bertz CT molecular complexity index is 439. The van der Waals surface area contributed by atoms with Crippen LogP contribution in [-0.4, -0.2) is 34.5 Å². The second-order valence-corrected chi connectivity index (χ2v) is 6.01. The van der Waals surface area contributed by atoms with Gasteiger partial charge in [0.05, 0.1) is 6.10 Å². The number of halogens is 1. The molecule has 0 spiro atoms. The van der Waals surface area contributed by atoms with Crippen molar-refractivity contribution in [2.24, 2.45) is 0 Å². The first-order valence-corrected chi connectivity index (χ1v) is 7.98. The van der Waals surface area contributed by atoms with Crippen LogP contribution in [0, 0.1) is 6.92 Å². The predicted molar refractivity (Wildman–Crippen MR) is 82.9 cm³/mol. The van der Waals surface area contributed by atoms with Gasteiger partial charge in [-0.25, -0.2) is 4.98 Å². The zero-order valence-corrected chi connectivity index (χ0v) is 13.4. The van der Waals surface area contributed by atoms with Gasteiger partial charge >= 0.3 is 0 Å². The highest BCUT2D eigenvalue weighted by molar-refractivity contribution is 6.17. The van der Waals surface area contributed by atoms with Gasteiger partial charge in [0.15, 0.2) is 0 Å². The van der Waals surface area contributed by atoms with Crippen LogP contribution < -0.4 is 9.64 Å². The van der Waals surface area contributed by atoms with Crippen molar-refractivity contribution in [2.45, 2.75) is 58.6 Å². The molecule has 112 valence electrons. The molecule has 1 unspecified atom stereocenters. The van der Waals surface area contributed by atoms with Crippen LogP contribution in [0.15, 0.2) is 6.07 Å². The Kier molecular flexibility index (Phi) is 5.46. The van der Waals surface area contributed by atoms with E-state index in [0.29, 0.717) is 11.9 Å². The van der Waals surface area contributed by atoms with Crippen LogP contribution in [-0.2, 0) is 0 Å². The van der Waals surface area contributed by atoms with Gasteiger partial charge in [-0.1, -0.05) is 0 Å². The Morgan fingerprint density at radius 2 is 2.25 bits per heavy atom. The van der Waals surface area contributed by atoms with Gasteiger partial charge in [-0.05, 0) is 46.5 Å². The summed E-state index contributed by atoms with van der Waals surface area (Å²) in [4.78, 5) is 11.5. The Labute approximate surface area is 126 Å². The molecule has 4 nitrogen and oxygen atoms in total. The maximum atomic E-state index is 5.81. The van der Waals surface area contributed by atoms with E-state index in [2.05, 4.69) is 14.9 Å². The van der Waals surface area contributed by atoms with Crippen LogP contribution in [0.4, 0.5) is 5.95 Å². The molecule has 1 aliphatic rings. The molecule has 0 aliphatic carbocycles. The van der Waals surface area contributed by atoms with E-state index >= 15 is 0 Å². The third-order valence-electron chi connectivity index (χ3n) is 3.48. The monoisotopic (exact) mass is 297 g/mol. The second kappa shape index (κ2) is 7.11. The first kappa shape index (κ1) is 15.4. The molecule has 2 rings (SSSR count). The number of hydrogen-bond donors (Lipinski definition) is 0. The number of aryl methyl sites for hydroxylation is 1. The van der Waals surface area contributed by atoms with Gasteiger partial charge in [0.2, 0.25) is 11.8 Å². The van der Waals surface area contributed by atoms with E-state index in [1.54, 1.807) is 0 Å². The zero-order chi connectivity index (χ0) is 14.5. The molecule has 1 saturated heterocycles. The summed E-state index contributed by atoms with van der Waals surface area (Å²) >= 11 is 5.81. The molecule has 1 aromatic rings. The van der Waals surface area contributed by atoms with Crippen molar-refractivity contribution in [3.63, 3.8) is 0 Å². The Morgan fingerprint density at radius 3 is 2.95 bits per heavy atom. The fourth-order valence-electron chi connectivity index (χ4n) is 2.67. The maximum absolute atomic E-state index is 5.81. The largest absolute Gasteiger partial charge is 0.475 e. The van der Waals surface area contributed by atoms with Crippen LogP contribution in [0.3, 0.4) is 0 Å². The van der Waals surface area contributed by atoms with Gasteiger partial charge in [-0.15, -0.1) is 11.6 Å². The second-order valence-electron chi connectivity index (χ2n) is 5.63. The van der Waals surface area contributed by atoms with Crippen molar-refractivity contribution >= 4 is 17.5 Å². The summed E-state index contributed by atoms with van der Waals surface area (Å²) in [6.07, 6.45) is 4.69. The summed E-state index contributed by atoms with van der Waals surface area (Å²) in [5.74, 6) is 2.20. The summed E-state index contributed by atoms with van der Waals surface area (Å²) in [7, 11) is 0. The van der Waals surface area contributed by atoms with Crippen LogP contribution in [0.2, 0.25) is 0 Å². The van der Waals surface area contributed by atoms with Gasteiger partial charge in [0.1, 0.15) is 0 Å². The van der Waals surface area contributed by atoms with Crippen molar-refractivity contribution in [1.29, 1.82) is 0 Å². The number of alkyl halides is 1. The highest BCUT2D eigenvalue weighted by Crippen LogP contribution is 2.27. The molecule has 1 aromatic heterocycles. The average Bonchev–Trinajstić information content (AvgIpc) is 2.83. The van der Waals surface area contributed by atoms with Crippen molar-refractivity contribution in [2.75, 3.05) is 17.3 Å². The fourth-order valence-corrected chi connectivity index (χ4v) is 2.82. The Morgan fingerprint density at radius 1 is 1.45 bits per heavy atom. The van der Waals surface area contributed by atoms with Gasteiger partial charge in [-0.2, -0.15) is 4.98 Å². The molecule has 1 atom stereocenters. The maximum Gasteiger partial charge on any atom is 0.229 e. The molecule has 1 fully saturated rings. The van der Waals surface area contributed by atoms with Crippen LogP contribution in [0.1, 0.15) is 45.2 Å². The summed E-state index contributed by atoms with van der Waals surface area (Å²) in [6, 6.07) is 2.41. The number of hydrogen-bond acceptors (Lipinski definition) is 4. The molecule has 5 heteroatoms. The summed E-state index contributed by atoms with van der Waals surface area (Å²) < 4.78 is 5.71. The van der Waals surface area contributed by atoms with Gasteiger partial charge in [0.25, 0.3) is 0 Å². The summed E-state index contributed by atoms with van der Waals surface area (Å²) in [6.45, 7) is 7.03. The van der Waals surface area contributed by atoms with E-state index in [4.69, 9.17) is 16.3 Å². The number of aromatic nitrogens is 2. The minimum atomic E-state index is 0.128. The first-order chi connectivity index (χ1) is 9.60. The van der Waals surface area contributed by atoms with Crippen molar-refractivity contribution in [1.82, 2.24) is 9.97 Å². The standard InChI is InChI=1S/C15H24ClN3O/c1-11(2)20-14-10-12(3)17-15(18-14)19-9-5-7-13(19)6-4-8-16/h10-11,13H,4-9H2,1-3H3. The highest BCUT2D eigenvalue weighted by Gasteiger charge is 2.26. The van der Waals surface area contributed by atoms with Crippen molar-refractivity contribution < 1.29 is 4.74 Å². The average molecular weight is 298 g/mol. The van der Waals surface area contributed by atoms with Gasteiger partial charge in [-0.3, -0.25) is 0 Å².